The van der Waals surface area contributed by atoms with Gasteiger partial charge in [-0.05, 0) is 17.7 Å². The number of nitrogens with two attached hydrogens (primary N) is 1. The van der Waals surface area contributed by atoms with E-state index in [-0.39, 0.29) is 12.4 Å². The Balaban J connectivity index is 0.00000169. The maximum absolute atomic E-state index is 12.6. The topological polar surface area (TPSA) is 26.0 Å². The number of hydrogen-bond donors (Lipinski definition) is 1. The molecule has 0 aromatic heterocycles. The first-order chi connectivity index (χ1) is 5.91. The Hall–Kier alpha value is -0.970. The molecule has 1 nitrogen and oxygen atoms in total. The van der Waals surface area contributed by atoms with E-state index < -0.39 is 17.9 Å². The summed E-state index contributed by atoms with van der Waals surface area (Å²) in [6.45, 7) is 0. The lowest BCUT2D eigenvalue weighted by Crippen LogP contribution is -2.16. The number of rotatable bonds is 1. The van der Waals surface area contributed by atoms with Crippen molar-refractivity contribution in [3.8, 4) is 0 Å². The maximum atomic E-state index is 12.6. The molecule has 6 heteroatoms. The third-order valence-corrected chi connectivity index (χ3v) is 1.52. The van der Waals surface area contributed by atoms with Gasteiger partial charge < -0.3 is 5.73 Å². The highest BCUT2D eigenvalue weighted by Gasteiger charge is 2.41. The van der Waals surface area contributed by atoms with Crippen LogP contribution in [0.15, 0.2) is 24.3 Å². The number of anilines is 1. The van der Waals surface area contributed by atoms with Crippen LogP contribution in [0.5, 0.6) is 0 Å². The number of nitrogen functional groups attached to an aromatic ring is 1. The monoisotopic (exact) mass is 229 g/mol. The van der Waals surface area contributed by atoms with Gasteiger partial charge in [0.2, 0.25) is 6.17 Å². The Bertz CT molecular complexity index is 282. The van der Waals surface area contributed by atoms with Crippen LogP contribution in [0.4, 0.5) is 23.2 Å². The van der Waals surface area contributed by atoms with E-state index in [1.807, 2.05) is 0 Å². The fraction of sp³-hybridized carbons (Fsp3) is 0.250. The summed E-state index contributed by atoms with van der Waals surface area (Å²) in [6.07, 6.45) is -7.79. The Morgan fingerprint density at radius 3 is 1.86 bits per heavy atom. The van der Waals surface area contributed by atoms with Crippen LogP contribution < -0.4 is 5.73 Å². The molecule has 0 fully saturated rings. The zero-order valence-corrected chi connectivity index (χ0v) is 7.70. The fourth-order valence-corrected chi connectivity index (χ4v) is 0.854. The second-order valence-electron chi connectivity index (χ2n) is 2.57. The van der Waals surface area contributed by atoms with Crippen LogP contribution in [0.25, 0.3) is 0 Å². The summed E-state index contributed by atoms with van der Waals surface area (Å²) < 4.78 is 48.1. The summed E-state index contributed by atoms with van der Waals surface area (Å²) in [4.78, 5) is 0. The number of hydrogen-bond acceptors (Lipinski definition) is 1. The van der Waals surface area contributed by atoms with Crippen molar-refractivity contribution < 1.29 is 17.6 Å². The van der Waals surface area contributed by atoms with Gasteiger partial charge in [-0.1, -0.05) is 12.1 Å². The largest absolute Gasteiger partial charge is 0.423 e. The van der Waals surface area contributed by atoms with E-state index in [0.717, 1.165) is 12.1 Å². The molecule has 0 heterocycles. The molecule has 14 heavy (non-hydrogen) atoms. The quantitative estimate of drug-likeness (QED) is 0.581. The molecule has 0 amide bonds. The normalized spacial score (nSPS) is 13.1. The summed E-state index contributed by atoms with van der Waals surface area (Å²) in [5.41, 5.74) is 5.11. The van der Waals surface area contributed by atoms with Gasteiger partial charge in [-0.2, -0.15) is 13.2 Å². The number of halogens is 5. The molecule has 0 aliphatic rings. The molecule has 80 valence electrons. The Labute approximate surface area is 84.3 Å². The molecule has 1 aromatic rings. The van der Waals surface area contributed by atoms with E-state index in [2.05, 4.69) is 0 Å². The van der Waals surface area contributed by atoms with Crippen molar-refractivity contribution in [2.45, 2.75) is 12.3 Å². The molecule has 0 aliphatic heterocycles. The molecule has 0 bridgehead atoms. The average Bonchev–Trinajstić information content (AvgIpc) is 2.03. The Morgan fingerprint density at radius 2 is 1.50 bits per heavy atom. The molecular formula is C8H8ClF4N. The molecule has 1 rings (SSSR count). The highest BCUT2D eigenvalue weighted by molar-refractivity contribution is 5.85. The van der Waals surface area contributed by atoms with Crippen LogP contribution in [0, 0.1) is 0 Å². The van der Waals surface area contributed by atoms with Crippen LogP contribution in [0.3, 0.4) is 0 Å². The lowest BCUT2D eigenvalue weighted by atomic mass is 10.1. The van der Waals surface area contributed by atoms with Crippen LogP contribution in [-0.2, 0) is 0 Å². The summed E-state index contributed by atoms with van der Waals surface area (Å²) in [5, 5.41) is 0. The van der Waals surface area contributed by atoms with Crippen molar-refractivity contribution >= 4 is 18.1 Å². The Kier molecular flexibility index (Phi) is 4.19. The van der Waals surface area contributed by atoms with Crippen molar-refractivity contribution in [2.75, 3.05) is 5.73 Å². The van der Waals surface area contributed by atoms with E-state index in [1.54, 1.807) is 0 Å². The molecule has 0 aliphatic carbocycles. The third kappa shape index (κ3) is 3.06. The minimum Gasteiger partial charge on any atom is -0.399 e. The maximum Gasteiger partial charge on any atom is 0.423 e. The van der Waals surface area contributed by atoms with Crippen LogP contribution in [-0.4, -0.2) is 6.18 Å². The first-order valence-corrected chi connectivity index (χ1v) is 3.47. The van der Waals surface area contributed by atoms with E-state index in [1.165, 1.54) is 12.1 Å². The molecule has 0 radical (unpaired) electrons. The van der Waals surface area contributed by atoms with E-state index in [0.29, 0.717) is 5.69 Å². The third-order valence-electron chi connectivity index (χ3n) is 1.52. The van der Waals surface area contributed by atoms with Gasteiger partial charge in [-0.15, -0.1) is 12.4 Å². The van der Waals surface area contributed by atoms with Gasteiger partial charge in [0.1, 0.15) is 0 Å². The summed E-state index contributed by atoms with van der Waals surface area (Å²) in [7, 11) is 0. The zero-order chi connectivity index (χ0) is 10.1. The van der Waals surface area contributed by atoms with E-state index >= 15 is 0 Å². The van der Waals surface area contributed by atoms with Gasteiger partial charge in [-0.25, -0.2) is 4.39 Å². The standard InChI is InChI=1S/C8H7F4N.ClH/c9-7(8(10,11)12)5-1-3-6(13)4-2-5;/h1-4,7H,13H2;1H. The van der Waals surface area contributed by atoms with Crippen molar-refractivity contribution in [1.29, 1.82) is 0 Å². The van der Waals surface area contributed by atoms with Gasteiger partial charge in [0.05, 0.1) is 0 Å². The highest BCUT2D eigenvalue weighted by Crippen LogP contribution is 2.35. The second-order valence-corrected chi connectivity index (χ2v) is 2.57. The molecule has 1 unspecified atom stereocenters. The smallest absolute Gasteiger partial charge is 0.399 e. The minimum atomic E-state index is -4.85. The van der Waals surface area contributed by atoms with Crippen molar-refractivity contribution in [1.82, 2.24) is 0 Å². The summed E-state index contributed by atoms with van der Waals surface area (Å²) in [6, 6.07) is 4.50. The summed E-state index contributed by atoms with van der Waals surface area (Å²) >= 11 is 0. The fourth-order valence-electron chi connectivity index (χ4n) is 0.854. The predicted octanol–water partition coefficient (Wildman–Crippen LogP) is 3.26. The first kappa shape index (κ1) is 13.0. The van der Waals surface area contributed by atoms with Gasteiger partial charge in [0.15, 0.2) is 0 Å². The minimum absolute atomic E-state index is 0. The van der Waals surface area contributed by atoms with E-state index in [9.17, 15) is 17.6 Å². The summed E-state index contributed by atoms with van der Waals surface area (Å²) in [5.74, 6) is 0. The molecule has 1 aromatic carbocycles. The molecule has 0 spiro atoms. The van der Waals surface area contributed by atoms with Crippen LogP contribution in [0.2, 0.25) is 0 Å². The van der Waals surface area contributed by atoms with Gasteiger partial charge in [0.25, 0.3) is 0 Å². The highest BCUT2D eigenvalue weighted by atomic mass is 35.5. The molecule has 0 saturated carbocycles. The molecule has 1 atom stereocenters. The lowest BCUT2D eigenvalue weighted by Gasteiger charge is -2.12. The van der Waals surface area contributed by atoms with Crippen LogP contribution >= 0.6 is 12.4 Å². The molecular weight excluding hydrogens is 222 g/mol. The zero-order valence-electron chi connectivity index (χ0n) is 6.88. The van der Waals surface area contributed by atoms with E-state index in [4.69, 9.17) is 5.73 Å². The van der Waals surface area contributed by atoms with Crippen molar-refractivity contribution in [3.05, 3.63) is 29.8 Å². The SMILES string of the molecule is Cl.Nc1ccc(C(F)C(F)(F)F)cc1. The number of alkyl halides is 4. The Morgan fingerprint density at radius 1 is 1.07 bits per heavy atom. The molecule has 0 saturated heterocycles. The van der Waals surface area contributed by atoms with Gasteiger partial charge in [-0.3, -0.25) is 0 Å². The first-order valence-electron chi connectivity index (χ1n) is 3.47. The van der Waals surface area contributed by atoms with Gasteiger partial charge in [0, 0.05) is 5.69 Å². The van der Waals surface area contributed by atoms with Crippen molar-refractivity contribution in [2.24, 2.45) is 0 Å². The van der Waals surface area contributed by atoms with Gasteiger partial charge >= 0.3 is 6.18 Å². The second kappa shape index (κ2) is 4.50. The number of benzene rings is 1. The van der Waals surface area contributed by atoms with Crippen molar-refractivity contribution in [3.63, 3.8) is 0 Å². The predicted molar refractivity (Wildman–Crippen MR) is 48.0 cm³/mol. The average molecular weight is 230 g/mol. The molecule has 2 N–H and O–H groups in total. The lowest BCUT2D eigenvalue weighted by molar-refractivity contribution is -0.182. The van der Waals surface area contributed by atoms with Crippen LogP contribution in [0.1, 0.15) is 11.7 Å².